The number of aromatic nitrogens is 2. The largest absolute Gasteiger partial charge is 0.375 e. The Morgan fingerprint density at radius 3 is 2.88 bits per heavy atom. The van der Waals surface area contributed by atoms with Crippen molar-refractivity contribution in [2.24, 2.45) is 0 Å². The van der Waals surface area contributed by atoms with E-state index in [0.717, 1.165) is 9.21 Å². The topological polar surface area (TPSA) is 57.8 Å². The van der Waals surface area contributed by atoms with E-state index < -0.39 is 5.56 Å². The average molecular weight is 290 g/mol. The molecule has 17 heavy (non-hydrogen) atoms. The van der Waals surface area contributed by atoms with Gasteiger partial charge < -0.3 is 5.32 Å². The van der Waals surface area contributed by atoms with Crippen LogP contribution < -0.4 is 10.9 Å². The molecular formula is C10H9Cl2N3OS. The molecule has 2 aromatic rings. The second-order valence-corrected chi connectivity index (χ2v) is 5.56. The number of hydrogen-bond acceptors (Lipinski definition) is 4. The van der Waals surface area contributed by atoms with E-state index in [1.165, 1.54) is 17.5 Å². The van der Waals surface area contributed by atoms with Crippen LogP contribution >= 0.6 is 34.5 Å². The monoisotopic (exact) mass is 289 g/mol. The van der Waals surface area contributed by atoms with Crippen molar-refractivity contribution in [2.75, 3.05) is 5.32 Å². The van der Waals surface area contributed by atoms with Crippen LogP contribution in [-0.4, -0.2) is 10.2 Å². The van der Waals surface area contributed by atoms with Gasteiger partial charge in [-0.25, -0.2) is 5.10 Å². The Bertz CT molecular complexity index is 581. The Kier molecular flexibility index (Phi) is 3.71. The predicted octanol–water partition coefficient (Wildman–Crippen LogP) is 3.31. The quantitative estimate of drug-likeness (QED) is 0.911. The molecule has 0 fully saturated rings. The van der Waals surface area contributed by atoms with Crippen molar-refractivity contribution in [1.82, 2.24) is 10.2 Å². The maximum absolute atomic E-state index is 11.3. The summed E-state index contributed by atoms with van der Waals surface area (Å²) in [5, 5.41) is 9.17. The first-order valence-electron chi connectivity index (χ1n) is 4.83. The van der Waals surface area contributed by atoms with Crippen molar-refractivity contribution in [3.05, 3.63) is 42.9 Å². The Morgan fingerprint density at radius 1 is 1.47 bits per heavy atom. The molecule has 7 heteroatoms. The molecule has 2 N–H and O–H groups in total. The van der Waals surface area contributed by atoms with Crippen molar-refractivity contribution in [3.8, 4) is 0 Å². The van der Waals surface area contributed by atoms with Crippen LogP contribution in [0.5, 0.6) is 0 Å². The van der Waals surface area contributed by atoms with Crippen LogP contribution in [0.3, 0.4) is 0 Å². The van der Waals surface area contributed by atoms with E-state index in [9.17, 15) is 4.79 Å². The first-order valence-corrected chi connectivity index (χ1v) is 6.40. The van der Waals surface area contributed by atoms with Gasteiger partial charge in [-0.1, -0.05) is 23.2 Å². The maximum atomic E-state index is 11.3. The lowest BCUT2D eigenvalue weighted by molar-refractivity contribution is 0.894. The van der Waals surface area contributed by atoms with Crippen LogP contribution in [0.1, 0.15) is 17.8 Å². The van der Waals surface area contributed by atoms with Gasteiger partial charge in [-0.3, -0.25) is 4.79 Å². The SMILES string of the molecule is CC(Nc1cn[nH]c(=O)c1Cl)c1ccc(Cl)s1. The molecule has 1 unspecified atom stereocenters. The second kappa shape index (κ2) is 5.08. The Balaban J connectivity index is 2.21. The van der Waals surface area contributed by atoms with Crippen molar-refractivity contribution in [2.45, 2.75) is 13.0 Å². The van der Waals surface area contributed by atoms with Crippen molar-refractivity contribution in [3.63, 3.8) is 0 Å². The van der Waals surface area contributed by atoms with Crippen LogP contribution in [0.4, 0.5) is 5.69 Å². The van der Waals surface area contributed by atoms with Gasteiger partial charge in [0.1, 0.15) is 5.02 Å². The fourth-order valence-electron chi connectivity index (χ4n) is 1.35. The Hall–Kier alpha value is -1.04. The van der Waals surface area contributed by atoms with Crippen LogP contribution in [0.2, 0.25) is 9.36 Å². The minimum Gasteiger partial charge on any atom is -0.375 e. The van der Waals surface area contributed by atoms with E-state index in [0.29, 0.717) is 5.69 Å². The zero-order valence-corrected chi connectivity index (χ0v) is 11.2. The van der Waals surface area contributed by atoms with E-state index in [4.69, 9.17) is 23.2 Å². The fourth-order valence-corrected chi connectivity index (χ4v) is 2.56. The third-order valence-electron chi connectivity index (χ3n) is 2.19. The van der Waals surface area contributed by atoms with Crippen molar-refractivity contribution < 1.29 is 0 Å². The van der Waals surface area contributed by atoms with E-state index in [2.05, 4.69) is 15.5 Å². The van der Waals surface area contributed by atoms with Gasteiger partial charge in [-0.2, -0.15) is 5.10 Å². The molecule has 2 rings (SSSR count). The third kappa shape index (κ3) is 2.80. The second-order valence-electron chi connectivity index (χ2n) is 3.43. The minimum absolute atomic E-state index is 0.00796. The van der Waals surface area contributed by atoms with E-state index >= 15 is 0 Å². The number of thiophene rings is 1. The Morgan fingerprint density at radius 2 is 2.24 bits per heavy atom. The number of aromatic amines is 1. The highest BCUT2D eigenvalue weighted by atomic mass is 35.5. The molecule has 1 atom stereocenters. The molecule has 0 spiro atoms. The molecule has 2 aromatic heterocycles. The summed E-state index contributed by atoms with van der Waals surface area (Å²) in [6, 6.07) is 3.77. The van der Waals surface area contributed by atoms with Crippen LogP contribution in [0.25, 0.3) is 0 Å². The molecule has 0 aliphatic carbocycles. The summed E-state index contributed by atoms with van der Waals surface area (Å²) < 4.78 is 0.726. The molecule has 0 saturated carbocycles. The molecule has 0 bridgehead atoms. The molecule has 90 valence electrons. The molecule has 0 aromatic carbocycles. The summed E-state index contributed by atoms with van der Waals surface area (Å²) in [6.07, 6.45) is 1.48. The van der Waals surface area contributed by atoms with Crippen LogP contribution in [-0.2, 0) is 0 Å². The predicted molar refractivity (Wildman–Crippen MR) is 71.2 cm³/mol. The highest BCUT2D eigenvalue weighted by molar-refractivity contribution is 7.16. The van der Waals surface area contributed by atoms with E-state index in [1.807, 2.05) is 19.1 Å². The lowest BCUT2D eigenvalue weighted by Gasteiger charge is -2.13. The normalized spacial score (nSPS) is 12.4. The summed E-state index contributed by atoms with van der Waals surface area (Å²) in [4.78, 5) is 12.3. The van der Waals surface area contributed by atoms with E-state index in [-0.39, 0.29) is 11.1 Å². The van der Waals surface area contributed by atoms with Crippen molar-refractivity contribution in [1.29, 1.82) is 0 Å². The van der Waals surface area contributed by atoms with Gasteiger partial charge in [0.25, 0.3) is 5.56 Å². The lowest BCUT2D eigenvalue weighted by atomic mass is 10.2. The lowest BCUT2D eigenvalue weighted by Crippen LogP contribution is -2.13. The average Bonchev–Trinajstić information content (AvgIpc) is 2.72. The molecule has 0 aliphatic heterocycles. The summed E-state index contributed by atoms with van der Waals surface area (Å²) in [6.45, 7) is 1.96. The first kappa shape index (κ1) is 12.4. The number of anilines is 1. The summed E-state index contributed by atoms with van der Waals surface area (Å²) in [7, 11) is 0. The number of hydrogen-bond donors (Lipinski definition) is 2. The molecule has 0 amide bonds. The van der Waals surface area contributed by atoms with Gasteiger partial charge >= 0.3 is 0 Å². The molecule has 4 nitrogen and oxygen atoms in total. The van der Waals surface area contributed by atoms with Gasteiger partial charge in [0, 0.05) is 4.88 Å². The zero-order valence-electron chi connectivity index (χ0n) is 8.83. The number of nitrogens with zero attached hydrogens (tertiary/aromatic N) is 1. The third-order valence-corrected chi connectivity index (χ3v) is 3.98. The smallest absolute Gasteiger partial charge is 0.285 e. The van der Waals surface area contributed by atoms with Gasteiger partial charge in [-0.15, -0.1) is 11.3 Å². The molecule has 0 radical (unpaired) electrons. The molecule has 2 heterocycles. The number of rotatable bonds is 3. The highest BCUT2D eigenvalue weighted by Gasteiger charge is 2.11. The number of H-pyrrole nitrogens is 1. The summed E-state index contributed by atoms with van der Waals surface area (Å²) >= 11 is 13.2. The maximum Gasteiger partial charge on any atom is 0.285 e. The van der Waals surface area contributed by atoms with Gasteiger partial charge in [0.15, 0.2) is 0 Å². The van der Waals surface area contributed by atoms with Crippen molar-refractivity contribution >= 4 is 40.2 Å². The molecular weight excluding hydrogens is 281 g/mol. The number of halogens is 2. The molecule has 0 aliphatic rings. The Labute approximate surface area is 112 Å². The first-order chi connectivity index (χ1) is 8.08. The number of nitrogens with one attached hydrogen (secondary N) is 2. The van der Waals surface area contributed by atoms with Crippen LogP contribution in [0, 0.1) is 0 Å². The molecule has 0 saturated heterocycles. The standard InChI is InChI=1S/C10H9Cl2N3OS/c1-5(7-2-3-8(11)17-7)14-6-4-13-15-10(16)9(6)12/h2-5H,1H3,(H2,14,15,16). The summed E-state index contributed by atoms with van der Waals surface area (Å²) in [5.41, 5.74) is 0.0977. The fraction of sp³-hybridized carbons (Fsp3) is 0.200. The van der Waals surface area contributed by atoms with Gasteiger partial charge in [0.2, 0.25) is 0 Å². The zero-order chi connectivity index (χ0) is 12.4. The highest BCUT2D eigenvalue weighted by Crippen LogP contribution is 2.29. The van der Waals surface area contributed by atoms with Crippen LogP contribution in [0.15, 0.2) is 23.1 Å². The minimum atomic E-state index is -0.409. The summed E-state index contributed by atoms with van der Waals surface area (Å²) in [5.74, 6) is 0. The van der Waals surface area contributed by atoms with E-state index in [1.54, 1.807) is 0 Å². The van der Waals surface area contributed by atoms with Gasteiger partial charge in [-0.05, 0) is 19.1 Å². The van der Waals surface area contributed by atoms with Gasteiger partial charge in [0.05, 0.1) is 22.3 Å².